The molecule has 0 amide bonds. The fourth-order valence-electron chi connectivity index (χ4n) is 3.76. The van der Waals surface area contributed by atoms with Crippen LogP contribution in [0.2, 0.25) is 0 Å². The van der Waals surface area contributed by atoms with E-state index in [0.717, 1.165) is 44.7 Å². The molecule has 3 rings (SSSR count). The highest BCUT2D eigenvalue weighted by atomic mass is 15.2. The van der Waals surface area contributed by atoms with Crippen LogP contribution in [0.5, 0.6) is 0 Å². The highest BCUT2D eigenvalue weighted by molar-refractivity contribution is 5.15. The van der Waals surface area contributed by atoms with Crippen molar-refractivity contribution in [1.82, 2.24) is 19.8 Å². The number of nitrogens with zero attached hydrogens (tertiary/aromatic N) is 4. The minimum atomic E-state index is 0.620. The fourth-order valence-corrected chi connectivity index (χ4v) is 3.76. The summed E-state index contributed by atoms with van der Waals surface area (Å²) in [4.78, 5) is 14.1. The van der Waals surface area contributed by atoms with Gasteiger partial charge in [-0.05, 0) is 44.8 Å². The highest BCUT2D eigenvalue weighted by Crippen LogP contribution is 2.17. The van der Waals surface area contributed by atoms with Gasteiger partial charge in [0.1, 0.15) is 5.82 Å². The third-order valence-electron chi connectivity index (χ3n) is 5.33. The van der Waals surface area contributed by atoms with E-state index in [1.807, 2.05) is 12.4 Å². The van der Waals surface area contributed by atoms with E-state index in [2.05, 4.69) is 64.1 Å². The lowest BCUT2D eigenvalue weighted by atomic mass is 10.0. The van der Waals surface area contributed by atoms with Gasteiger partial charge in [0.2, 0.25) is 0 Å². The third-order valence-corrected chi connectivity index (χ3v) is 5.33. The molecule has 1 aromatic heterocycles. The first-order chi connectivity index (χ1) is 12.7. The molecule has 0 aliphatic carbocycles. The zero-order chi connectivity index (χ0) is 18.2. The fraction of sp³-hybridized carbons (Fsp3) is 0.545. The molecule has 1 aromatic carbocycles. The van der Waals surface area contributed by atoms with Gasteiger partial charge in [0.25, 0.3) is 0 Å². The van der Waals surface area contributed by atoms with Crippen molar-refractivity contribution in [2.24, 2.45) is 0 Å². The van der Waals surface area contributed by atoms with Crippen molar-refractivity contribution < 1.29 is 0 Å². The number of hydrogen-bond acceptors (Lipinski definition) is 4. The Hall–Kier alpha value is -1.78. The van der Waals surface area contributed by atoms with Gasteiger partial charge in [-0.15, -0.1) is 0 Å². The van der Waals surface area contributed by atoms with Gasteiger partial charge in [0.15, 0.2) is 0 Å². The van der Waals surface area contributed by atoms with Crippen LogP contribution in [0.1, 0.15) is 43.1 Å². The number of aryl methyl sites for hydroxylation is 1. The third kappa shape index (κ3) is 5.61. The standard InChI is InChI=1S/C22H32N4/c1-3-8-22-23-15-20(16-24-22)17-25(2)21-11-7-13-26(18-21)14-12-19-9-5-4-6-10-19/h4-6,9-10,15-16,21H,3,7-8,11-14,17-18H2,1-2H3/t21-/m1/s1. The normalized spacial score (nSPS) is 18.3. The number of aromatic nitrogens is 2. The summed E-state index contributed by atoms with van der Waals surface area (Å²) in [5, 5.41) is 0. The molecular weight excluding hydrogens is 320 g/mol. The monoisotopic (exact) mass is 352 g/mol. The second-order valence-electron chi connectivity index (χ2n) is 7.50. The van der Waals surface area contributed by atoms with Crippen molar-refractivity contribution in [3.8, 4) is 0 Å². The summed E-state index contributed by atoms with van der Waals surface area (Å²) >= 11 is 0. The van der Waals surface area contributed by atoms with Crippen LogP contribution in [0.25, 0.3) is 0 Å². The van der Waals surface area contributed by atoms with E-state index in [0.29, 0.717) is 6.04 Å². The van der Waals surface area contributed by atoms with E-state index < -0.39 is 0 Å². The summed E-state index contributed by atoms with van der Waals surface area (Å²) in [6.07, 6.45) is 9.79. The lowest BCUT2D eigenvalue weighted by Gasteiger charge is -2.37. The molecule has 140 valence electrons. The maximum atomic E-state index is 4.50. The van der Waals surface area contributed by atoms with Crippen LogP contribution >= 0.6 is 0 Å². The summed E-state index contributed by atoms with van der Waals surface area (Å²) in [6.45, 7) is 6.65. The van der Waals surface area contributed by atoms with Crippen LogP contribution in [0.15, 0.2) is 42.7 Å². The van der Waals surface area contributed by atoms with Crippen LogP contribution in [-0.2, 0) is 19.4 Å². The Morgan fingerprint density at radius 3 is 2.58 bits per heavy atom. The largest absolute Gasteiger partial charge is 0.301 e. The maximum Gasteiger partial charge on any atom is 0.128 e. The Balaban J connectivity index is 1.48. The first kappa shape index (κ1) is 19.0. The number of rotatable bonds is 8. The number of hydrogen-bond donors (Lipinski definition) is 0. The Kier molecular flexibility index (Phi) is 7.15. The zero-order valence-electron chi connectivity index (χ0n) is 16.3. The lowest BCUT2D eigenvalue weighted by Crippen LogP contribution is -2.46. The molecule has 0 radical (unpaired) electrons. The highest BCUT2D eigenvalue weighted by Gasteiger charge is 2.23. The molecule has 0 N–H and O–H groups in total. The van der Waals surface area contributed by atoms with Crippen LogP contribution in [0.3, 0.4) is 0 Å². The Labute approximate surface area is 158 Å². The first-order valence-corrected chi connectivity index (χ1v) is 10.0. The zero-order valence-corrected chi connectivity index (χ0v) is 16.3. The van der Waals surface area contributed by atoms with Crippen LogP contribution in [0, 0.1) is 0 Å². The lowest BCUT2D eigenvalue weighted by molar-refractivity contribution is 0.112. The Morgan fingerprint density at radius 2 is 1.85 bits per heavy atom. The van der Waals surface area contributed by atoms with Crippen LogP contribution in [0.4, 0.5) is 0 Å². The van der Waals surface area contributed by atoms with Crippen molar-refractivity contribution >= 4 is 0 Å². The smallest absolute Gasteiger partial charge is 0.128 e. The summed E-state index contributed by atoms with van der Waals surface area (Å²) < 4.78 is 0. The molecule has 1 atom stereocenters. The van der Waals surface area contributed by atoms with Crippen molar-refractivity contribution in [2.45, 2.75) is 51.6 Å². The van der Waals surface area contributed by atoms with E-state index in [9.17, 15) is 0 Å². The number of likely N-dealkylation sites (tertiary alicyclic amines) is 1. The van der Waals surface area contributed by atoms with Crippen LogP contribution in [-0.4, -0.2) is 52.5 Å². The summed E-state index contributed by atoms with van der Waals surface area (Å²) in [5.41, 5.74) is 2.65. The van der Waals surface area contributed by atoms with Gasteiger partial charge in [0, 0.05) is 50.1 Å². The molecule has 0 bridgehead atoms. The maximum absolute atomic E-state index is 4.50. The molecule has 1 aliphatic rings. The van der Waals surface area contributed by atoms with Crippen LogP contribution < -0.4 is 0 Å². The van der Waals surface area contributed by atoms with E-state index in [1.165, 1.54) is 30.5 Å². The predicted molar refractivity (Wildman–Crippen MR) is 107 cm³/mol. The minimum Gasteiger partial charge on any atom is -0.301 e. The molecular formula is C22H32N4. The van der Waals surface area contributed by atoms with Gasteiger partial charge < -0.3 is 4.90 Å². The van der Waals surface area contributed by atoms with E-state index in [1.54, 1.807) is 0 Å². The number of likely N-dealkylation sites (N-methyl/N-ethyl adjacent to an activating group) is 1. The topological polar surface area (TPSA) is 32.3 Å². The Bertz CT molecular complexity index is 641. The van der Waals surface area contributed by atoms with Gasteiger partial charge in [0.05, 0.1) is 0 Å². The van der Waals surface area contributed by atoms with Gasteiger partial charge in [-0.1, -0.05) is 37.3 Å². The molecule has 0 spiro atoms. The van der Waals surface area contributed by atoms with Crippen molar-refractivity contribution in [1.29, 1.82) is 0 Å². The van der Waals surface area contributed by atoms with Gasteiger partial charge in [-0.25, -0.2) is 9.97 Å². The molecule has 1 aliphatic heterocycles. The molecule has 0 unspecified atom stereocenters. The van der Waals surface area contributed by atoms with Crippen molar-refractivity contribution in [3.05, 3.63) is 59.7 Å². The molecule has 2 heterocycles. The van der Waals surface area contributed by atoms with E-state index in [-0.39, 0.29) is 0 Å². The molecule has 2 aromatic rings. The van der Waals surface area contributed by atoms with Gasteiger partial charge in [-0.3, -0.25) is 4.90 Å². The molecule has 4 heteroatoms. The molecule has 1 saturated heterocycles. The van der Waals surface area contributed by atoms with Crippen molar-refractivity contribution in [2.75, 3.05) is 26.7 Å². The quantitative estimate of drug-likeness (QED) is 0.727. The SMILES string of the molecule is CCCc1ncc(CN(C)[C@@H]2CCCN(CCc3ccccc3)C2)cn1. The summed E-state index contributed by atoms with van der Waals surface area (Å²) in [5.74, 6) is 0.962. The molecule has 4 nitrogen and oxygen atoms in total. The Morgan fingerprint density at radius 1 is 1.08 bits per heavy atom. The predicted octanol–water partition coefficient (Wildman–Crippen LogP) is 3.57. The minimum absolute atomic E-state index is 0.620. The van der Waals surface area contributed by atoms with Gasteiger partial charge in [-0.2, -0.15) is 0 Å². The molecule has 0 saturated carbocycles. The summed E-state index contributed by atoms with van der Waals surface area (Å²) in [7, 11) is 2.24. The molecule has 1 fully saturated rings. The molecule has 26 heavy (non-hydrogen) atoms. The van der Waals surface area contributed by atoms with E-state index >= 15 is 0 Å². The average Bonchev–Trinajstić information content (AvgIpc) is 2.69. The average molecular weight is 353 g/mol. The van der Waals surface area contributed by atoms with Crippen molar-refractivity contribution in [3.63, 3.8) is 0 Å². The number of benzene rings is 1. The first-order valence-electron chi connectivity index (χ1n) is 10.0. The number of piperidine rings is 1. The summed E-state index contributed by atoms with van der Waals surface area (Å²) in [6, 6.07) is 11.4. The van der Waals surface area contributed by atoms with E-state index in [4.69, 9.17) is 0 Å². The van der Waals surface area contributed by atoms with Gasteiger partial charge >= 0.3 is 0 Å². The second kappa shape index (κ2) is 9.79. The second-order valence-corrected chi connectivity index (χ2v) is 7.50.